The summed E-state index contributed by atoms with van der Waals surface area (Å²) in [7, 11) is 3.90. The molecule has 4 rings (SSSR count). The number of amides is 1. The van der Waals surface area contributed by atoms with Gasteiger partial charge in [0.05, 0.1) is 5.52 Å². The minimum atomic E-state index is -0.842. The fraction of sp³-hybridized carbons (Fsp3) is 0.375. The Labute approximate surface area is 186 Å². The third-order valence-electron chi connectivity index (χ3n) is 5.91. The van der Waals surface area contributed by atoms with Crippen molar-refractivity contribution in [1.29, 1.82) is 0 Å². The van der Waals surface area contributed by atoms with Gasteiger partial charge in [0, 0.05) is 31.6 Å². The van der Waals surface area contributed by atoms with E-state index < -0.39 is 23.1 Å². The number of anilines is 2. The number of carbonyl (C=O) groups excluding carboxylic acids is 1. The monoisotopic (exact) mass is 439 g/mol. The zero-order valence-electron chi connectivity index (χ0n) is 18.5. The largest absolute Gasteiger partial charge is 0.362 e. The molecule has 3 aromatic rings. The van der Waals surface area contributed by atoms with Crippen LogP contribution in [-0.2, 0) is 0 Å². The van der Waals surface area contributed by atoms with Gasteiger partial charge in [-0.1, -0.05) is 18.2 Å². The third kappa shape index (κ3) is 4.49. The molecule has 0 unspecified atom stereocenters. The fourth-order valence-electron chi connectivity index (χ4n) is 4.15. The zero-order chi connectivity index (χ0) is 22.8. The number of nitrogens with one attached hydrogen (secondary N) is 2. The lowest BCUT2D eigenvalue weighted by Crippen LogP contribution is -2.41. The Balaban J connectivity index is 1.40. The summed E-state index contributed by atoms with van der Waals surface area (Å²) in [4.78, 5) is 23.8. The maximum atomic E-state index is 14.2. The van der Waals surface area contributed by atoms with Crippen LogP contribution in [0.4, 0.5) is 20.5 Å². The Bertz CT molecular complexity index is 1140. The molecule has 0 spiro atoms. The lowest BCUT2D eigenvalue weighted by atomic mass is 9.91. The molecule has 32 heavy (non-hydrogen) atoms. The minimum Gasteiger partial charge on any atom is -0.362 e. The number of carbonyl (C=O) groups is 1. The van der Waals surface area contributed by atoms with Crippen LogP contribution in [0, 0.1) is 18.6 Å². The molecular weight excluding hydrogens is 412 g/mol. The molecule has 1 amide bonds. The number of fused-ring (bicyclic) bond motifs is 1. The smallest absolute Gasteiger partial charge is 0.257 e. The van der Waals surface area contributed by atoms with E-state index in [1.54, 1.807) is 0 Å². The van der Waals surface area contributed by atoms with Crippen molar-refractivity contribution in [3.63, 3.8) is 0 Å². The number of rotatable bonds is 5. The summed E-state index contributed by atoms with van der Waals surface area (Å²) in [5.74, 6) is -0.923. The fourth-order valence-corrected chi connectivity index (χ4v) is 4.15. The molecule has 1 saturated carbocycles. The molecular formula is C24H27F2N5O. The standard InChI is InChI=1S/C24H27F2N5O/c1-14-8-13-18(25)20(21(14)26)23(32)27-15-9-11-16(12-10-15)28-24-29-19-7-5-4-6-17(19)22(30-24)31(2)3/h4-8,13,15-16H,9-12H2,1-3H3,(H,27,32)(H,28,29,30)/t15-,16+. The van der Waals surface area contributed by atoms with Gasteiger partial charge < -0.3 is 15.5 Å². The van der Waals surface area contributed by atoms with Gasteiger partial charge in [0.15, 0.2) is 0 Å². The van der Waals surface area contributed by atoms with Gasteiger partial charge in [0.25, 0.3) is 5.91 Å². The number of benzene rings is 2. The van der Waals surface area contributed by atoms with Gasteiger partial charge in [-0.15, -0.1) is 0 Å². The Hall–Kier alpha value is -3.29. The van der Waals surface area contributed by atoms with Crippen LogP contribution in [0.15, 0.2) is 36.4 Å². The summed E-state index contributed by atoms with van der Waals surface area (Å²) in [6.07, 6.45) is 2.98. The molecule has 1 fully saturated rings. The van der Waals surface area contributed by atoms with Crippen molar-refractivity contribution in [2.24, 2.45) is 0 Å². The first-order chi connectivity index (χ1) is 15.3. The van der Waals surface area contributed by atoms with E-state index in [1.807, 2.05) is 43.3 Å². The van der Waals surface area contributed by atoms with Gasteiger partial charge in [-0.2, -0.15) is 4.98 Å². The quantitative estimate of drug-likeness (QED) is 0.615. The van der Waals surface area contributed by atoms with Crippen molar-refractivity contribution < 1.29 is 13.6 Å². The number of aryl methyl sites for hydroxylation is 1. The zero-order valence-corrected chi connectivity index (χ0v) is 18.5. The van der Waals surface area contributed by atoms with E-state index >= 15 is 0 Å². The molecule has 1 aliphatic carbocycles. The van der Waals surface area contributed by atoms with E-state index in [4.69, 9.17) is 0 Å². The van der Waals surface area contributed by atoms with Crippen LogP contribution in [0.5, 0.6) is 0 Å². The van der Waals surface area contributed by atoms with Crippen molar-refractivity contribution in [2.45, 2.75) is 44.7 Å². The molecule has 0 radical (unpaired) electrons. The van der Waals surface area contributed by atoms with Crippen LogP contribution >= 0.6 is 0 Å². The molecule has 2 aromatic carbocycles. The van der Waals surface area contributed by atoms with E-state index in [1.165, 1.54) is 13.0 Å². The van der Waals surface area contributed by atoms with E-state index in [0.29, 0.717) is 18.8 Å². The van der Waals surface area contributed by atoms with E-state index in [0.717, 1.165) is 35.6 Å². The minimum absolute atomic E-state index is 0.130. The molecule has 2 N–H and O–H groups in total. The summed E-state index contributed by atoms with van der Waals surface area (Å²) in [6, 6.07) is 10.4. The Kier molecular flexibility index (Phi) is 6.21. The lowest BCUT2D eigenvalue weighted by molar-refractivity contribution is 0.0917. The van der Waals surface area contributed by atoms with Crippen molar-refractivity contribution in [3.05, 3.63) is 59.2 Å². The molecule has 6 nitrogen and oxygen atoms in total. The van der Waals surface area contributed by atoms with Crippen molar-refractivity contribution in [3.8, 4) is 0 Å². The van der Waals surface area contributed by atoms with Crippen LogP contribution in [0.2, 0.25) is 0 Å². The van der Waals surface area contributed by atoms with Gasteiger partial charge in [-0.25, -0.2) is 13.8 Å². The maximum absolute atomic E-state index is 14.2. The topological polar surface area (TPSA) is 70.2 Å². The first-order valence-electron chi connectivity index (χ1n) is 10.8. The van der Waals surface area contributed by atoms with E-state index in [9.17, 15) is 13.6 Å². The average Bonchev–Trinajstić information content (AvgIpc) is 2.77. The van der Waals surface area contributed by atoms with Crippen molar-refractivity contribution in [1.82, 2.24) is 15.3 Å². The normalized spacial score (nSPS) is 18.4. The van der Waals surface area contributed by atoms with E-state index in [-0.39, 0.29) is 17.6 Å². The second kappa shape index (κ2) is 9.06. The van der Waals surface area contributed by atoms with E-state index in [2.05, 4.69) is 20.6 Å². The highest BCUT2D eigenvalue weighted by atomic mass is 19.1. The highest BCUT2D eigenvalue weighted by molar-refractivity contribution is 5.95. The lowest BCUT2D eigenvalue weighted by Gasteiger charge is -2.30. The summed E-state index contributed by atoms with van der Waals surface area (Å²) < 4.78 is 28.3. The van der Waals surface area contributed by atoms with Crippen molar-refractivity contribution in [2.75, 3.05) is 24.3 Å². The summed E-state index contributed by atoms with van der Waals surface area (Å²) in [5.41, 5.74) is 0.611. The van der Waals surface area contributed by atoms with Crippen LogP contribution in [0.3, 0.4) is 0 Å². The highest BCUT2D eigenvalue weighted by Crippen LogP contribution is 2.26. The molecule has 0 saturated heterocycles. The molecule has 0 bridgehead atoms. The number of hydrogen-bond donors (Lipinski definition) is 2. The molecule has 1 aromatic heterocycles. The first-order valence-corrected chi connectivity index (χ1v) is 10.8. The number of nitrogens with zero attached hydrogens (tertiary/aromatic N) is 3. The summed E-state index contributed by atoms with van der Waals surface area (Å²) >= 11 is 0. The average molecular weight is 440 g/mol. The Morgan fingerprint density at radius 1 is 1.00 bits per heavy atom. The predicted molar refractivity (Wildman–Crippen MR) is 122 cm³/mol. The van der Waals surface area contributed by atoms with Crippen molar-refractivity contribution >= 4 is 28.6 Å². The molecule has 0 aliphatic heterocycles. The van der Waals surface area contributed by atoms with Crippen LogP contribution in [-0.4, -0.2) is 42.1 Å². The summed E-state index contributed by atoms with van der Waals surface area (Å²) in [5, 5.41) is 7.20. The first kappa shape index (κ1) is 21.9. The number of aromatic nitrogens is 2. The van der Waals surface area contributed by atoms with Gasteiger partial charge in [-0.3, -0.25) is 4.79 Å². The molecule has 8 heteroatoms. The van der Waals surface area contributed by atoms with Gasteiger partial charge in [0.2, 0.25) is 5.95 Å². The molecule has 1 aliphatic rings. The van der Waals surface area contributed by atoms with Gasteiger partial charge in [0.1, 0.15) is 23.0 Å². The van der Waals surface area contributed by atoms with Gasteiger partial charge in [-0.05, 0) is 56.4 Å². The SMILES string of the molecule is Cc1ccc(F)c(C(=O)N[C@H]2CC[C@@H](Nc3nc(N(C)C)c4ccccc4n3)CC2)c1F. The second-order valence-corrected chi connectivity index (χ2v) is 8.50. The number of hydrogen-bond acceptors (Lipinski definition) is 5. The second-order valence-electron chi connectivity index (χ2n) is 8.50. The Morgan fingerprint density at radius 3 is 2.41 bits per heavy atom. The van der Waals surface area contributed by atoms with Crippen LogP contribution in [0.25, 0.3) is 10.9 Å². The number of halogens is 2. The molecule has 168 valence electrons. The van der Waals surface area contributed by atoms with Crippen LogP contribution in [0.1, 0.15) is 41.6 Å². The summed E-state index contributed by atoms with van der Waals surface area (Å²) in [6.45, 7) is 1.51. The van der Waals surface area contributed by atoms with Crippen LogP contribution < -0.4 is 15.5 Å². The van der Waals surface area contributed by atoms with Gasteiger partial charge >= 0.3 is 0 Å². The Morgan fingerprint density at radius 2 is 1.69 bits per heavy atom. The molecule has 0 atom stereocenters. The third-order valence-corrected chi connectivity index (χ3v) is 5.91. The molecule has 1 heterocycles. The number of para-hydroxylation sites is 1. The highest BCUT2D eigenvalue weighted by Gasteiger charge is 2.26. The predicted octanol–water partition coefficient (Wildman–Crippen LogP) is 4.44. The maximum Gasteiger partial charge on any atom is 0.257 e.